The van der Waals surface area contributed by atoms with Gasteiger partial charge in [-0.25, -0.2) is 8.78 Å². The fraction of sp³-hybridized carbons (Fsp3) is 0.333. The van der Waals surface area contributed by atoms with Crippen LogP contribution in [0.1, 0.15) is 6.92 Å². The molecule has 0 aliphatic heterocycles. The Labute approximate surface area is 101 Å². The van der Waals surface area contributed by atoms with Crippen LogP contribution in [0.2, 0.25) is 0 Å². The van der Waals surface area contributed by atoms with Crippen LogP contribution >= 0.6 is 0 Å². The zero-order valence-electron chi connectivity index (χ0n) is 9.17. The molecule has 0 radical (unpaired) electrons. The Bertz CT molecular complexity index is 535. The van der Waals surface area contributed by atoms with Gasteiger partial charge in [-0.05, 0) is 12.1 Å². The van der Waals surface area contributed by atoms with Crippen LogP contribution in [0.4, 0.5) is 14.5 Å². The Hall–Kier alpha value is -1.61. The van der Waals surface area contributed by atoms with Crippen LogP contribution in [-0.2, 0) is 14.3 Å². The Kier molecular flexibility index (Phi) is 3.97. The number of non-ortho nitro benzene ring substituents is 1. The molecule has 100 valence electrons. The molecule has 0 saturated heterocycles. The van der Waals surface area contributed by atoms with Gasteiger partial charge >= 0.3 is 0 Å². The lowest BCUT2D eigenvalue weighted by Crippen LogP contribution is -2.21. The quantitative estimate of drug-likeness (QED) is 0.467. The number of rotatable bonds is 5. The lowest BCUT2D eigenvalue weighted by molar-refractivity contribution is -0.384. The van der Waals surface area contributed by atoms with Crippen molar-refractivity contribution >= 4 is 15.8 Å². The Morgan fingerprint density at radius 2 is 1.83 bits per heavy atom. The highest BCUT2D eigenvalue weighted by atomic mass is 32.2. The van der Waals surface area contributed by atoms with Crippen LogP contribution in [0.5, 0.6) is 0 Å². The number of nitro benzene ring substituents is 1. The topological polar surface area (TPSA) is 86.5 Å². The minimum Gasteiger partial charge on any atom is -0.260 e. The van der Waals surface area contributed by atoms with Gasteiger partial charge in [-0.3, -0.25) is 14.3 Å². The molecule has 18 heavy (non-hydrogen) atoms. The third-order valence-corrected chi connectivity index (χ3v) is 3.08. The van der Waals surface area contributed by atoms with E-state index >= 15 is 0 Å². The standard InChI is InChI=1S/C9H9F2NO5S/c1-9(10,11)6-17-18(15,16)8-4-2-7(3-5-8)12(13)14/h2-5H,6H2,1H3. The van der Waals surface area contributed by atoms with Gasteiger partial charge in [-0.1, -0.05) is 0 Å². The van der Waals surface area contributed by atoms with Crippen LogP contribution < -0.4 is 0 Å². The van der Waals surface area contributed by atoms with E-state index in [4.69, 9.17) is 0 Å². The fourth-order valence-electron chi connectivity index (χ4n) is 0.984. The predicted octanol–water partition coefficient (Wildman–Crippen LogP) is 1.96. The first-order valence-corrected chi connectivity index (χ1v) is 6.04. The summed E-state index contributed by atoms with van der Waals surface area (Å²) in [6.07, 6.45) is 0. The molecule has 6 nitrogen and oxygen atoms in total. The molecule has 9 heteroatoms. The highest BCUT2D eigenvalue weighted by Crippen LogP contribution is 2.20. The lowest BCUT2D eigenvalue weighted by atomic mass is 10.3. The van der Waals surface area contributed by atoms with Gasteiger partial charge in [-0.15, -0.1) is 0 Å². The molecule has 0 aliphatic carbocycles. The van der Waals surface area contributed by atoms with Gasteiger partial charge in [-0.2, -0.15) is 8.42 Å². The molecular weight excluding hydrogens is 272 g/mol. The zero-order valence-corrected chi connectivity index (χ0v) is 9.99. The molecule has 0 saturated carbocycles. The van der Waals surface area contributed by atoms with Gasteiger partial charge in [0.05, 0.1) is 9.82 Å². The van der Waals surface area contributed by atoms with E-state index in [1.165, 1.54) is 0 Å². The fourth-order valence-corrected chi connectivity index (χ4v) is 1.95. The van der Waals surface area contributed by atoms with Crippen LogP contribution in [0.25, 0.3) is 0 Å². The van der Waals surface area contributed by atoms with E-state index in [1.807, 2.05) is 0 Å². The van der Waals surface area contributed by atoms with Crippen molar-refractivity contribution in [2.75, 3.05) is 6.61 Å². The molecule has 0 spiro atoms. The smallest absolute Gasteiger partial charge is 0.260 e. The summed E-state index contributed by atoms with van der Waals surface area (Å²) in [5, 5.41) is 10.3. The number of halogens is 2. The summed E-state index contributed by atoms with van der Waals surface area (Å²) < 4.78 is 51.9. The molecule has 1 aromatic carbocycles. The minimum atomic E-state index is -4.34. The van der Waals surface area contributed by atoms with Gasteiger partial charge < -0.3 is 0 Å². The number of nitro groups is 1. The van der Waals surface area contributed by atoms with E-state index in [2.05, 4.69) is 4.18 Å². The molecule has 0 N–H and O–H groups in total. The summed E-state index contributed by atoms with van der Waals surface area (Å²) in [5.41, 5.74) is -0.310. The van der Waals surface area contributed by atoms with Crippen LogP contribution in [0, 0.1) is 10.1 Å². The number of benzene rings is 1. The van der Waals surface area contributed by atoms with E-state index in [0.717, 1.165) is 24.3 Å². The number of nitrogens with zero attached hydrogens (tertiary/aromatic N) is 1. The maximum atomic E-state index is 12.5. The first kappa shape index (κ1) is 14.5. The van der Waals surface area contributed by atoms with Crippen molar-refractivity contribution in [3.63, 3.8) is 0 Å². The van der Waals surface area contributed by atoms with Crippen molar-refractivity contribution in [3.05, 3.63) is 34.4 Å². The van der Waals surface area contributed by atoms with Gasteiger partial charge in [0.1, 0.15) is 6.61 Å². The Morgan fingerprint density at radius 1 is 1.33 bits per heavy atom. The largest absolute Gasteiger partial charge is 0.297 e. The Balaban J connectivity index is 2.89. The predicted molar refractivity (Wildman–Crippen MR) is 56.9 cm³/mol. The molecule has 1 aromatic rings. The van der Waals surface area contributed by atoms with E-state index in [-0.39, 0.29) is 5.69 Å². The summed E-state index contributed by atoms with van der Waals surface area (Å²) in [5.74, 6) is -3.28. The van der Waals surface area contributed by atoms with E-state index < -0.39 is 32.5 Å². The van der Waals surface area contributed by atoms with Gasteiger partial charge in [0.25, 0.3) is 21.7 Å². The van der Waals surface area contributed by atoms with E-state index in [1.54, 1.807) is 0 Å². The normalized spacial score (nSPS) is 12.4. The van der Waals surface area contributed by atoms with Gasteiger partial charge in [0.15, 0.2) is 0 Å². The number of hydrogen-bond donors (Lipinski definition) is 0. The summed E-state index contributed by atoms with van der Waals surface area (Å²) in [6.45, 7) is -0.773. The summed E-state index contributed by atoms with van der Waals surface area (Å²) in [6, 6.07) is 3.73. The van der Waals surface area contributed by atoms with Crippen molar-refractivity contribution in [3.8, 4) is 0 Å². The molecule has 0 bridgehead atoms. The summed E-state index contributed by atoms with van der Waals surface area (Å²) in [4.78, 5) is 9.21. The zero-order chi connectivity index (χ0) is 14.0. The van der Waals surface area contributed by atoms with Crippen molar-refractivity contribution in [2.24, 2.45) is 0 Å². The van der Waals surface area contributed by atoms with Crippen molar-refractivity contribution in [2.45, 2.75) is 17.7 Å². The number of alkyl halides is 2. The molecule has 0 aromatic heterocycles. The molecule has 0 heterocycles. The van der Waals surface area contributed by atoms with Crippen LogP contribution in [-0.4, -0.2) is 25.9 Å². The first-order valence-electron chi connectivity index (χ1n) is 4.63. The first-order chi connectivity index (χ1) is 8.12. The minimum absolute atomic E-state index is 0.310. The van der Waals surface area contributed by atoms with Crippen molar-refractivity contribution < 1.29 is 26.3 Å². The molecule has 1 rings (SSSR count). The third-order valence-electron chi connectivity index (χ3n) is 1.80. The SMILES string of the molecule is CC(F)(F)COS(=O)(=O)c1ccc([N+](=O)[O-])cc1. The summed E-state index contributed by atoms with van der Waals surface area (Å²) in [7, 11) is -4.34. The molecule has 0 amide bonds. The second-order valence-electron chi connectivity index (χ2n) is 3.54. The highest BCUT2D eigenvalue weighted by Gasteiger charge is 2.26. The lowest BCUT2D eigenvalue weighted by Gasteiger charge is -2.10. The third kappa shape index (κ3) is 4.00. The van der Waals surface area contributed by atoms with E-state index in [0.29, 0.717) is 6.92 Å². The van der Waals surface area contributed by atoms with Gasteiger partial charge in [0.2, 0.25) is 0 Å². The van der Waals surface area contributed by atoms with Crippen molar-refractivity contribution in [1.82, 2.24) is 0 Å². The molecular formula is C9H9F2NO5S. The maximum absolute atomic E-state index is 12.5. The maximum Gasteiger partial charge on any atom is 0.297 e. The summed E-state index contributed by atoms with van der Waals surface area (Å²) >= 11 is 0. The average molecular weight is 281 g/mol. The average Bonchev–Trinajstić information content (AvgIpc) is 2.26. The van der Waals surface area contributed by atoms with Gasteiger partial charge in [0, 0.05) is 19.1 Å². The highest BCUT2D eigenvalue weighted by molar-refractivity contribution is 7.86. The molecule has 0 aliphatic rings. The molecule has 0 fully saturated rings. The number of hydrogen-bond acceptors (Lipinski definition) is 5. The van der Waals surface area contributed by atoms with Crippen LogP contribution in [0.3, 0.4) is 0 Å². The second kappa shape index (κ2) is 4.94. The second-order valence-corrected chi connectivity index (χ2v) is 5.15. The monoisotopic (exact) mass is 281 g/mol. The van der Waals surface area contributed by atoms with Crippen LogP contribution in [0.15, 0.2) is 29.2 Å². The molecule has 0 atom stereocenters. The van der Waals surface area contributed by atoms with Crippen molar-refractivity contribution in [1.29, 1.82) is 0 Å². The Morgan fingerprint density at radius 3 is 2.22 bits per heavy atom. The molecule has 0 unspecified atom stereocenters. The van der Waals surface area contributed by atoms with E-state index in [9.17, 15) is 27.3 Å².